The summed E-state index contributed by atoms with van der Waals surface area (Å²) < 4.78 is 83.3. The monoisotopic (exact) mass is 2070 g/mol. The molecule has 0 aliphatic carbocycles. The largest absolute Gasteiger partial charge is 0.497 e. The quantitative estimate of drug-likeness (QED) is 0.0381. The number of sulfonamides is 1. The third-order valence-corrected chi connectivity index (χ3v) is 28.0. The minimum absolute atomic E-state index is 0.0322. The number of benzene rings is 11. The third-order valence-electron chi connectivity index (χ3n) is 23.3. The lowest BCUT2D eigenvalue weighted by molar-refractivity contribution is -0.114. The number of para-hydroxylation sites is 2. The van der Waals surface area contributed by atoms with E-state index < -0.39 is 10.0 Å². The maximum absolute atomic E-state index is 13.5. The Morgan fingerprint density at radius 3 is 1.59 bits per heavy atom. The zero-order valence-corrected chi connectivity index (χ0v) is 86.3. The first-order chi connectivity index (χ1) is 71.4. The number of ether oxygens (including phenoxy) is 5. The van der Waals surface area contributed by atoms with E-state index in [1.807, 2.05) is 233 Å². The van der Waals surface area contributed by atoms with Gasteiger partial charge in [-0.15, -0.1) is 34.0 Å². The molecule has 147 heavy (non-hydrogen) atoms. The van der Waals surface area contributed by atoms with Gasteiger partial charge in [-0.05, 0) is 229 Å². The number of carbonyl (C=O) groups is 4. The highest BCUT2D eigenvalue weighted by molar-refractivity contribution is 7.89. The van der Waals surface area contributed by atoms with Crippen LogP contribution >= 0.6 is 45.6 Å². The van der Waals surface area contributed by atoms with Gasteiger partial charge in [0.1, 0.15) is 23.1 Å². The molecule has 0 saturated carbocycles. The number of nitriles is 1. The van der Waals surface area contributed by atoms with Crippen LogP contribution in [-0.4, -0.2) is 141 Å². The van der Waals surface area contributed by atoms with Crippen molar-refractivity contribution in [1.29, 1.82) is 5.26 Å². The summed E-state index contributed by atoms with van der Waals surface area (Å²) in [5.41, 5.74) is 12.6. The summed E-state index contributed by atoms with van der Waals surface area (Å²) in [5.74, 6) is 4.75. The first kappa shape index (κ1) is 107. The molecule has 0 radical (unpaired) electrons. The van der Waals surface area contributed by atoms with E-state index in [2.05, 4.69) is 76.7 Å². The zero-order valence-electron chi connectivity index (χ0n) is 82.3. The Hall–Kier alpha value is -15.3. The lowest BCUT2D eigenvalue weighted by Crippen LogP contribution is -2.40. The molecule has 28 nitrogen and oxygen atoms in total. The molecule has 0 bridgehead atoms. The number of anilines is 2. The van der Waals surface area contributed by atoms with Gasteiger partial charge in [-0.25, -0.2) is 12.8 Å². The third kappa shape index (κ3) is 31.6. The van der Waals surface area contributed by atoms with E-state index in [1.165, 1.54) is 41.1 Å². The molecule has 18 rings (SSSR count). The molecule has 754 valence electrons. The van der Waals surface area contributed by atoms with Crippen LogP contribution in [-0.2, 0) is 96.3 Å². The van der Waals surface area contributed by atoms with Crippen LogP contribution < -0.4 is 24.4 Å². The Labute approximate surface area is 870 Å². The van der Waals surface area contributed by atoms with Gasteiger partial charge in [0.05, 0.1) is 103 Å². The first-order valence-corrected chi connectivity index (χ1v) is 51.4. The highest BCUT2D eigenvalue weighted by Gasteiger charge is 2.30. The summed E-state index contributed by atoms with van der Waals surface area (Å²) in [6, 6.07) is 97.4. The van der Waals surface area contributed by atoms with Crippen molar-refractivity contribution in [1.82, 2.24) is 54.3 Å². The molecule has 1 N–H and O–H groups in total. The van der Waals surface area contributed by atoms with Gasteiger partial charge in [0.15, 0.2) is 11.6 Å². The fraction of sp³-hybridized carbons (Fsp3) is 0.212. The SMILES string of the molecule is CC(=O)Nc1cccc(C(C)N(Cc2ccccc2)Cc2nc(-c3ccc(Cl)cc3)no2)c1.COCc1ccc(C(=O)N(Cc2cccs2)c2cccc(OC)c2)cc1.COc1ccccc1CN(Cc1cccs1)C(=O)c1ccc(-c2nc(C)no2)cc1.COc1ccccc1CN(Cc1cccs1)C(=O)c1ccc(S(=O)(=O)N2CCOCC2)cc1.Cc1noc(CN(Cc2ccc(C#N)cc2)Cc2cccc(F)c2)n1. The van der Waals surface area contributed by atoms with Crippen molar-refractivity contribution in [3.05, 3.63) is 436 Å². The predicted molar refractivity (Wildman–Crippen MR) is 566 cm³/mol. The molecule has 6 aromatic heterocycles. The fourth-order valence-corrected chi connectivity index (χ4v) is 19.5. The average molecular weight is 2070 g/mol. The molecule has 0 spiro atoms. The van der Waals surface area contributed by atoms with Gasteiger partial charge in [-0.1, -0.05) is 167 Å². The van der Waals surface area contributed by atoms with Crippen molar-refractivity contribution in [3.63, 3.8) is 0 Å². The number of hydrogen-bond donors (Lipinski definition) is 1. The van der Waals surface area contributed by atoms with Gasteiger partial charge in [0.2, 0.25) is 33.5 Å². The molecule has 17 aromatic rings. The van der Waals surface area contributed by atoms with Crippen LogP contribution in [0.2, 0.25) is 5.02 Å². The van der Waals surface area contributed by atoms with Crippen molar-refractivity contribution < 1.29 is 69.2 Å². The highest BCUT2D eigenvalue weighted by atomic mass is 35.5. The summed E-state index contributed by atoms with van der Waals surface area (Å²) in [7, 11) is 2.92. The molecule has 11 aromatic carbocycles. The summed E-state index contributed by atoms with van der Waals surface area (Å²) >= 11 is 10.8. The number of halogens is 2. The molecule has 1 saturated heterocycles. The predicted octanol–water partition coefficient (Wildman–Crippen LogP) is 23.0. The number of amides is 4. The fourth-order valence-electron chi connectivity index (χ4n) is 15.8. The van der Waals surface area contributed by atoms with Gasteiger partial charge >= 0.3 is 0 Å². The second kappa shape index (κ2) is 54.0. The Bertz CT molecular complexity index is 7220. The number of carbonyl (C=O) groups excluding carboxylic acids is 4. The highest BCUT2D eigenvalue weighted by Crippen LogP contribution is 2.34. The molecular formula is C113H110ClFN14O14S4. The van der Waals surface area contributed by atoms with Crippen LogP contribution in [0.4, 0.5) is 15.8 Å². The number of hydrogen-bond acceptors (Lipinski definition) is 26. The maximum Gasteiger partial charge on any atom is 0.258 e. The standard InChI is InChI=1S/C26H25ClN4O2.C24H26N2O5S2.C23H21N3O3S.C21H21NO3S.C19H17FN4O/c1-18(22-9-6-10-24(15-22)28-19(2)32)31(16-20-7-4-3-5-8-20)17-25-29-26(30-33-25)21-11-13-23(27)14-12-21;1-30-23-7-3-2-5-20(23)17-25(18-21-6-4-16-32-21)24(27)19-8-10-22(11-9-19)33(28,29)26-12-14-31-15-13-26;1-16-24-22(29-25-16)17-9-11-18(12-10-17)23(27)26(15-20-7-5-13-30-20)14-19-6-3-4-8-21(19)28-2;1-24-15-16-8-10-17(11-9-16)21(23)22(14-20-7-4-12-26-20)18-5-3-6-19(13-18)25-2;1-14-22-19(25-23-14)13-24(12-17-3-2-4-18(20)9-17)11-16-7-5-15(10-21)6-8-16/h3-15,18H,16-17H2,1-2H3,(H,28,32);2-11,16H,12-15,17-18H2,1H3;3-13H,14-15H2,1-2H3;3-13H,14-15H2,1-2H3;2-9H,11-13H2,1H3. The van der Waals surface area contributed by atoms with Gasteiger partial charge < -0.3 is 57.3 Å². The van der Waals surface area contributed by atoms with E-state index in [0.717, 1.165) is 82.0 Å². The summed E-state index contributed by atoms with van der Waals surface area (Å²) in [6.07, 6.45) is 0. The van der Waals surface area contributed by atoms with Crippen molar-refractivity contribution in [2.24, 2.45) is 0 Å². The van der Waals surface area contributed by atoms with E-state index in [0.29, 0.717) is 167 Å². The lowest BCUT2D eigenvalue weighted by Gasteiger charge is -2.28. The number of methoxy groups -OCH3 is 4. The smallest absolute Gasteiger partial charge is 0.258 e. The molecule has 34 heteroatoms. The van der Waals surface area contributed by atoms with E-state index in [1.54, 1.807) is 141 Å². The number of nitrogens with zero attached hydrogens (tertiary/aromatic N) is 13. The molecule has 1 aliphatic heterocycles. The maximum atomic E-state index is 13.5. The molecular weight excluding hydrogens is 1960 g/mol. The summed E-state index contributed by atoms with van der Waals surface area (Å²) in [5, 5.41) is 30.2. The van der Waals surface area contributed by atoms with Crippen LogP contribution in [0.3, 0.4) is 0 Å². The first-order valence-electron chi connectivity index (χ1n) is 46.9. The number of morpholine rings is 1. The normalized spacial score (nSPS) is 11.9. The van der Waals surface area contributed by atoms with Crippen molar-refractivity contribution in [3.8, 4) is 46.2 Å². The Morgan fingerprint density at radius 1 is 0.497 bits per heavy atom. The zero-order chi connectivity index (χ0) is 103. The van der Waals surface area contributed by atoms with Gasteiger partial charge in [-0.2, -0.15) is 24.5 Å². The van der Waals surface area contributed by atoms with Crippen LogP contribution in [0.15, 0.2) is 344 Å². The average Bonchev–Trinajstić information content (AvgIpc) is 1.39. The van der Waals surface area contributed by atoms with Crippen LogP contribution in [0.25, 0.3) is 22.8 Å². The molecule has 1 fully saturated rings. The Kier molecular flexibility index (Phi) is 39.5. The van der Waals surface area contributed by atoms with E-state index in [4.69, 9.17) is 54.1 Å². The van der Waals surface area contributed by atoms with Crippen molar-refractivity contribution in [2.75, 3.05) is 65.0 Å². The number of thiophene rings is 3. The molecule has 1 atom stereocenters. The number of aryl methyl sites for hydroxylation is 2. The summed E-state index contributed by atoms with van der Waals surface area (Å²) in [6.45, 7) is 14.2. The van der Waals surface area contributed by atoms with Crippen LogP contribution in [0.5, 0.6) is 17.2 Å². The van der Waals surface area contributed by atoms with E-state index in [-0.39, 0.29) is 40.4 Å². The van der Waals surface area contributed by atoms with Crippen LogP contribution in [0.1, 0.15) is 134 Å². The number of aromatic nitrogens is 6. The second-order valence-electron chi connectivity index (χ2n) is 33.9. The van der Waals surface area contributed by atoms with Crippen molar-refractivity contribution in [2.45, 2.75) is 111 Å². The summed E-state index contributed by atoms with van der Waals surface area (Å²) in [4.78, 5) is 77.8. The number of rotatable bonds is 36. The van der Waals surface area contributed by atoms with E-state index in [9.17, 15) is 32.0 Å². The second-order valence-corrected chi connectivity index (χ2v) is 39.4. The Morgan fingerprint density at radius 2 is 1.03 bits per heavy atom. The van der Waals surface area contributed by atoms with Gasteiger partial charge in [0, 0.05) is 129 Å². The topological polar surface area (TPSA) is 321 Å². The van der Waals surface area contributed by atoms with Gasteiger partial charge in [0.25, 0.3) is 23.6 Å². The number of nitrogens with one attached hydrogen (secondary N) is 1. The van der Waals surface area contributed by atoms with Crippen LogP contribution in [0, 0.1) is 31.0 Å². The van der Waals surface area contributed by atoms with E-state index >= 15 is 0 Å². The lowest BCUT2D eigenvalue weighted by atomic mass is 10.0. The minimum Gasteiger partial charge on any atom is -0.497 e. The molecule has 1 aliphatic rings. The van der Waals surface area contributed by atoms with Crippen molar-refractivity contribution >= 4 is 90.6 Å². The molecule has 7 heterocycles. The Balaban J connectivity index is 0.000000146. The van der Waals surface area contributed by atoms with Gasteiger partial charge in [-0.3, -0.25) is 29.0 Å². The minimum atomic E-state index is -3.61. The molecule has 4 amide bonds. The molecule has 1 unspecified atom stereocenters.